The average molecular weight is 339 g/mol. The van der Waals surface area contributed by atoms with Crippen LogP contribution in [0.1, 0.15) is 11.1 Å². The van der Waals surface area contributed by atoms with Crippen LogP contribution in [0.4, 0.5) is 5.69 Å². The third-order valence-electron chi connectivity index (χ3n) is 3.32. The number of hydrogen-bond donors (Lipinski definition) is 1. The maximum absolute atomic E-state index is 12.2. The standard InChI is InChI=1S/C17H17N5OS/c23-17(11-24-10-14-4-3-7-18-8-14)21-16-6-2-1-5-15(16)9-22-13-19-12-20-22/h1-8,12-13H,9-11H2,(H,21,23). The van der Waals surface area contributed by atoms with Crippen LogP contribution in [0.25, 0.3) is 0 Å². The summed E-state index contributed by atoms with van der Waals surface area (Å²) in [6.45, 7) is 0.569. The Labute approximate surface area is 144 Å². The van der Waals surface area contributed by atoms with Gasteiger partial charge < -0.3 is 5.32 Å². The molecule has 6 nitrogen and oxygen atoms in total. The SMILES string of the molecule is O=C(CSCc1cccnc1)Nc1ccccc1Cn1cncn1. The second-order valence-electron chi connectivity index (χ2n) is 5.15. The fraction of sp³-hybridized carbons (Fsp3) is 0.176. The summed E-state index contributed by atoms with van der Waals surface area (Å²) in [6, 6.07) is 11.6. The molecule has 2 heterocycles. The summed E-state index contributed by atoms with van der Waals surface area (Å²) in [7, 11) is 0. The highest BCUT2D eigenvalue weighted by Crippen LogP contribution is 2.17. The predicted molar refractivity (Wildman–Crippen MR) is 94.6 cm³/mol. The average Bonchev–Trinajstić information content (AvgIpc) is 3.11. The predicted octanol–water partition coefficient (Wildman–Crippen LogP) is 2.59. The van der Waals surface area contributed by atoms with Crippen molar-refractivity contribution in [1.29, 1.82) is 0 Å². The van der Waals surface area contributed by atoms with Gasteiger partial charge in [-0.2, -0.15) is 5.10 Å². The smallest absolute Gasteiger partial charge is 0.234 e. The van der Waals surface area contributed by atoms with Crippen molar-refractivity contribution in [3.05, 3.63) is 72.6 Å². The van der Waals surface area contributed by atoms with E-state index >= 15 is 0 Å². The van der Waals surface area contributed by atoms with E-state index in [1.807, 2.05) is 42.6 Å². The zero-order valence-corrected chi connectivity index (χ0v) is 13.8. The van der Waals surface area contributed by atoms with Gasteiger partial charge in [0.1, 0.15) is 12.7 Å². The molecule has 0 saturated heterocycles. The Bertz CT molecular complexity index is 777. The molecule has 1 N–H and O–H groups in total. The molecular weight excluding hydrogens is 322 g/mol. The first-order valence-electron chi connectivity index (χ1n) is 7.48. The fourth-order valence-corrected chi connectivity index (χ4v) is 2.97. The summed E-state index contributed by atoms with van der Waals surface area (Å²) in [4.78, 5) is 20.2. The minimum Gasteiger partial charge on any atom is -0.325 e. The number of benzene rings is 1. The van der Waals surface area contributed by atoms with Crippen molar-refractivity contribution in [2.75, 3.05) is 11.1 Å². The van der Waals surface area contributed by atoms with E-state index in [0.29, 0.717) is 12.3 Å². The zero-order valence-electron chi connectivity index (χ0n) is 13.0. The van der Waals surface area contributed by atoms with Gasteiger partial charge in [-0.05, 0) is 23.3 Å². The lowest BCUT2D eigenvalue weighted by atomic mass is 10.2. The van der Waals surface area contributed by atoms with Crippen molar-refractivity contribution in [1.82, 2.24) is 19.7 Å². The molecule has 122 valence electrons. The lowest BCUT2D eigenvalue weighted by molar-refractivity contribution is -0.113. The number of anilines is 1. The van der Waals surface area contributed by atoms with Crippen LogP contribution < -0.4 is 5.32 Å². The Morgan fingerprint density at radius 2 is 2.08 bits per heavy atom. The third kappa shape index (κ3) is 4.66. The molecule has 0 saturated carbocycles. The number of aromatic nitrogens is 4. The topological polar surface area (TPSA) is 72.7 Å². The molecule has 3 aromatic rings. The summed E-state index contributed by atoms with van der Waals surface area (Å²) in [5.41, 5.74) is 2.91. The van der Waals surface area contributed by atoms with Crippen molar-refractivity contribution in [3.8, 4) is 0 Å². The molecule has 7 heteroatoms. The first-order chi connectivity index (χ1) is 11.8. The highest BCUT2D eigenvalue weighted by Gasteiger charge is 2.08. The van der Waals surface area contributed by atoms with Gasteiger partial charge in [-0.15, -0.1) is 11.8 Å². The number of carbonyl (C=O) groups excluding carboxylic acids is 1. The van der Waals surface area contributed by atoms with Gasteiger partial charge >= 0.3 is 0 Å². The first kappa shape index (κ1) is 16.2. The van der Waals surface area contributed by atoms with Gasteiger partial charge in [0.2, 0.25) is 5.91 Å². The molecule has 0 bridgehead atoms. The van der Waals surface area contributed by atoms with Gasteiger partial charge in [-0.25, -0.2) is 9.67 Å². The van der Waals surface area contributed by atoms with Crippen molar-refractivity contribution >= 4 is 23.4 Å². The molecule has 3 rings (SSSR count). The van der Waals surface area contributed by atoms with E-state index in [2.05, 4.69) is 20.4 Å². The van der Waals surface area contributed by atoms with Crippen molar-refractivity contribution in [3.63, 3.8) is 0 Å². The molecule has 0 unspecified atom stereocenters. The maximum atomic E-state index is 12.2. The summed E-state index contributed by atoms with van der Waals surface area (Å²) in [5, 5.41) is 7.07. The van der Waals surface area contributed by atoms with Gasteiger partial charge in [-0.3, -0.25) is 9.78 Å². The molecule has 0 aliphatic carbocycles. The normalized spacial score (nSPS) is 10.5. The van der Waals surface area contributed by atoms with E-state index < -0.39 is 0 Å². The van der Waals surface area contributed by atoms with Crippen LogP contribution in [0.3, 0.4) is 0 Å². The number of amides is 1. The van der Waals surface area contributed by atoms with Gasteiger partial charge in [0.05, 0.1) is 12.3 Å². The number of para-hydroxylation sites is 1. The van der Waals surface area contributed by atoms with E-state index in [0.717, 1.165) is 22.6 Å². The van der Waals surface area contributed by atoms with Gasteiger partial charge in [0.15, 0.2) is 0 Å². The lowest BCUT2D eigenvalue weighted by Gasteiger charge is -2.11. The molecular formula is C17H17N5OS. The number of pyridine rings is 1. The highest BCUT2D eigenvalue weighted by atomic mass is 32.2. The summed E-state index contributed by atoms with van der Waals surface area (Å²) in [5.74, 6) is 1.14. The fourth-order valence-electron chi connectivity index (χ4n) is 2.20. The van der Waals surface area contributed by atoms with Crippen LogP contribution in [-0.4, -0.2) is 31.4 Å². The number of carbonyl (C=O) groups is 1. The molecule has 0 spiro atoms. The number of nitrogens with zero attached hydrogens (tertiary/aromatic N) is 4. The second-order valence-corrected chi connectivity index (χ2v) is 6.14. The molecule has 0 aliphatic rings. The Morgan fingerprint density at radius 3 is 2.88 bits per heavy atom. The van der Waals surface area contributed by atoms with Crippen LogP contribution in [0.15, 0.2) is 61.4 Å². The largest absolute Gasteiger partial charge is 0.325 e. The highest BCUT2D eigenvalue weighted by molar-refractivity contribution is 7.99. The van der Waals surface area contributed by atoms with Crippen molar-refractivity contribution in [2.45, 2.75) is 12.3 Å². The minimum absolute atomic E-state index is 0.0186. The number of thioether (sulfide) groups is 1. The molecule has 0 radical (unpaired) electrons. The first-order valence-corrected chi connectivity index (χ1v) is 8.63. The number of hydrogen-bond acceptors (Lipinski definition) is 5. The summed E-state index contributed by atoms with van der Waals surface area (Å²) in [6.07, 6.45) is 6.71. The van der Waals surface area contributed by atoms with Gasteiger partial charge in [0, 0.05) is 23.8 Å². The van der Waals surface area contributed by atoms with E-state index in [1.165, 1.54) is 6.33 Å². The van der Waals surface area contributed by atoms with Crippen LogP contribution in [0, 0.1) is 0 Å². The zero-order chi connectivity index (χ0) is 16.6. The second kappa shape index (κ2) is 8.26. The summed E-state index contributed by atoms with van der Waals surface area (Å²) < 4.78 is 1.72. The Morgan fingerprint density at radius 1 is 1.17 bits per heavy atom. The maximum Gasteiger partial charge on any atom is 0.234 e. The third-order valence-corrected chi connectivity index (χ3v) is 4.32. The molecule has 2 aromatic heterocycles. The molecule has 1 amide bonds. The van der Waals surface area contributed by atoms with Crippen molar-refractivity contribution in [2.24, 2.45) is 0 Å². The van der Waals surface area contributed by atoms with E-state index in [9.17, 15) is 4.79 Å². The van der Waals surface area contributed by atoms with Crippen molar-refractivity contribution < 1.29 is 4.79 Å². The molecule has 0 fully saturated rings. The Balaban J connectivity index is 1.54. The van der Waals surface area contributed by atoms with E-state index in [1.54, 1.807) is 29.0 Å². The van der Waals surface area contributed by atoms with Crippen LogP contribution in [-0.2, 0) is 17.1 Å². The molecule has 0 aliphatic heterocycles. The van der Waals surface area contributed by atoms with E-state index in [-0.39, 0.29) is 5.91 Å². The quantitative estimate of drug-likeness (QED) is 0.716. The van der Waals surface area contributed by atoms with Crippen LogP contribution >= 0.6 is 11.8 Å². The summed E-state index contributed by atoms with van der Waals surface area (Å²) >= 11 is 1.57. The molecule has 24 heavy (non-hydrogen) atoms. The minimum atomic E-state index is -0.0186. The molecule has 1 aromatic carbocycles. The molecule has 0 atom stereocenters. The van der Waals surface area contributed by atoms with E-state index in [4.69, 9.17) is 0 Å². The Hall–Kier alpha value is -2.67. The lowest BCUT2D eigenvalue weighted by Crippen LogP contribution is -2.16. The van der Waals surface area contributed by atoms with Gasteiger partial charge in [-0.1, -0.05) is 24.3 Å². The van der Waals surface area contributed by atoms with Crippen LogP contribution in [0.5, 0.6) is 0 Å². The monoisotopic (exact) mass is 339 g/mol. The Kier molecular flexibility index (Phi) is 5.57. The number of rotatable bonds is 7. The number of nitrogens with one attached hydrogen (secondary N) is 1. The van der Waals surface area contributed by atoms with Gasteiger partial charge in [0.25, 0.3) is 0 Å². The van der Waals surface area contributed by atoms with Crippen LogP contribution in [0.2, 0.25) is 0 Å².